The second kappa shape index (κ2) is 3.94. The first kappa shape index (κ1) is 10.6. The fourth-order valence-electron chi connectivity index (χ4n) is 1.87. The lowest BCUT2D eigenvalue weighted by Gasteiger charge is -2.33. The van der Waals surface area contributed by atoms with Crippen molar-refractivity contribution in [1.82, 2.24) is 0 Å². The van der Waals surface area contributed by atoms with E-state index in [2.05, 4.69) is 0 Å². The molecule has 1 aliphatic rings. The average Bonchev–Trinajstić information content (AvgIpc) is 2.63. The minimum absolute atomic E-state index is 0.396. The Hall–Kier alpha value is -0.870. The molecule has 15 heavy (non-hydrogen) atoms. The van der Waals surface area contributed by atoms with Gasteiger partial charge in [0, 0.05) is 10.8 Å². The first-order valence-corrected chi connectivity index (χ1v) is 5.86. The molecule has 0 bridgehead atoms. The van der Waals surface area contributed by atoms with E-state index in [9.17, 15) is 9.90 Å². The van der Waals surface area contributed by atoms with E-state index in [1.165, 1.54) is 11.3 Å². The Morgan fingerprint density at radius 1 is 1.73 bits per heavy atom. The smallest absolute Gasteiger partial charge is 0.314 e. The summed E-state index contributed by atoms with van der Waals surface area (Å²) < 4.78 is 5.09. The van der Waals surface area contributed by atoms with Crippen LogP contribution in [0.4, 0.5) is 0 Å². The maximum atomic E-state index is 11.4. The third kappa shape index (κ3) is 1.92. The molecule has 1 saturated heterocycles. The minimum atomic E-state index is -0.747. The van der Waals surface area contributed by atoms with Gasteiger partial charge in [-0.3, -0.25) is 4.79 Å². The van der Waals surface area contributed by atoms with Crippen LogP contribution in [0.5, 0.6) is 0 Å². The lowest BCUT2D eigenvalue weighted by Crippen LogP contribution is -2.39. The van der Waals surface area contributed by atoms with E-state index in [4.69, 9.17) is 4.74 Å². The van der Waals surface area contributed by atoms with Crippen molar-refractivity contribution in [1.29, 1.82) is 0 Å². The number of hydrogen-bond acceptors (Lipinski definition) is 3. The molecule has 2 heterocycles. The summed E-state index contributed by atoms with van der Waals surface area (Å²) >= 11 is 1.51. The second-order valence-corrected chi connectivity index (χ2v) is 5.17. The largest absolute Gasteiger partial charge is 0.481 e. The van der Waals surface area contributed by atoms with Crippen molar-refractivity contribution >= 4 is 17.3 Å². The number of rotatable bonds is 4. The Balaban J connectivity index is 2.19. The van der Waals surface area contributed by atoms with Crippen molar-refractivity contribution in [2.24, 2.45) is 5.92 Å². The molecule has 0 amide bonds. The average molecular weight is 226 g/mol. The molecule has 4 heteroatoms. The van der Waals surface area contributed by atoms with Gasteiger partial charge in [0.25, 0.3) is 0 Å². The Bertz CT molecular complexity index is 343. The summed E-state index contributed by atoms with van der Waals surface area (Å²) in [6, 6.07) is 3.80. The molecule has 3 nitrogen and oxygen atoms in total. The van der Waals surface area contributed by atoms with Gasteiger partial charge in [0.15, 0.2) is 0 Å². The highest BCUT2D eigenvalue weighted by atomic mass is 32.1. The third-order valence-electron chi connectivity index (χ3n) is 2.94. The molecule has 1 fully saturated rings. The second-order valence-electron chi connectivity index (χ2n) is 4.22. The van der Waals surface area contributed by atoms with E-state index < -0.39 is 11.4 Å². The molecule has 1 aliphatic heterocycles. The highest BCUT2D eigenvalue weighted by molar-refractivity contribution is 7.10. The van der Waals surface area contributed by atoms with Crippen LogP contribution in [0.3, 0.4) is 0 Å². The molecule has 1 atom stereocenters. The molecule has 2 rings (SSSR count). The van der Waals surface area contributed by atoms with Crippen molar-refractivity contribution in [3.05, 3.63) is 22.4 Å². The lowest BCUT2D eigenvalue weighted by atomic mass is 9.79. The fraction of sp³-hybridized carbons (Fsp3) is 0.545. The zero-order valence-corrected chi connectivity index (χ0v) is 9.42. The third-order valence-corrected chi connectivity index (χ3v) is 4.07. The van der Waals surface area contributed by atoms with E-state index in [1.54, 1.807) is 6.92 Å². The first-order valence-electron chi connectivity index (χ1n) is 4.98. The van der Waals surface area contributed by atoms with Gasteiger partial charge in [0.05, 0.1) is 18.6 Å². The summed E-state index contributed by atoms with van der Waals surface area (Å²) in [7, 11) is 0. The van der Waals surface area contributed by atoms with Crippen molar-refractivity contribution in [3.63, 3.8) is 0 Å². The van der Waals surface area contributed by atoms with Gasteiger partial charge in [-0.2, -0.15) is 0 Å². The first-order chi connectivity index (χ1) is 7.13. The number of carbonyl (C=O) groups is 1. The van der Waals surface area contributed by atoms with Crippen molar-refractivity contribution in [2.75, 3.05) is 13.2 Å². The van der Waals surface area contributed by atoms with Gasteiger partial charge in [-0.25, -0.2) is 0 Å². The molecule has 1 aromatic heterocycles. The fourth-order valence-corrected chi connectivity index (χ4v) is 2.76. The Kier molecular flexibility index (Phi) is 2.80. The number of carboxylic acids is 1. The highest BCUT2D eigenvalue weighted by Gasteiger charge is 2.40. The summed E-state index contributed by atoms with van der Waals surface area (Å²) in [5, 5.41) is 11.3. The number of thiophene rings is 1. The Morgan fingerprint density at radius 2 is 2.47 bits per heavy atom. The maximum Gasteiger partial charge on any atom is 0.314 e. The Labute approximate surface area is 92.7 Å². The van der Waals surface area contributed by atoms with Crippen LogP contribution in [0, 0.1) is 5.92 Å². The molecule has 0 radical (unpaired) electrons. The van der Waals surface area contributed by atoms with Gasteiger partial charge in [-0.1, -0.05) is 6.07 Å². The zero-order valence-electron chi connectivity index (χ0n) is 8.60. The number of carboxylic acid groups (broad SMARTS) is 1. The summed E-state index contributed by atoms with van der Waals surface area (Å²) in [6.45, 7) is 3.21. The molecule has 1 unspecified atom stereocenters. The van der Waals surface area contributed by atoms with E-state index in [0.717, 1.165) is 4.88 Å². The van der Waals surface area contributed by atoms with Crippen LogP contribution in [-0.4, -0.2) is 24.3 Å². The van der Waals surface area contributed by atoms with Crippen LogP contribution in [0.1, 0.15) is 18.2 Å². The molecule has 1 aromatic rings. The van der Waals surface area contributed by atoms with Gasteiger partial charge in [-0.05, 0) is 24.8 Å². The maximum absolute atomic E-state index is 11.4. The zero-order chi connectivity index (χ0) is 10.9. The van der Waals surface area contributed by atoms with Gasteiger partial charge in [0.1, 0.15) is 0 Å². The summed E-state index contributed by atoms with van der Waals surface area (Å²) in [5.41, 5.74) is -0.747. The molecular formula is C11H14O3S. The molecule has 0 saturated carbocycles. The van der Waals surface area contributed by atoms with E-state index >= 15 is 0 Å². The van der Waals surface area contributed by atoms with Crippen LogP contribution in [0.15, 0.2) is 17.5 Å². The van der Waals surface area contributed by atoms with Crippen LogP contribution in [-0.2, 0) is 14.9 Å². The van der Waals surface area contributed by atoms with E-state index in [-0.39, 0.29) is 0 Å². The van der Waals surface area contributed by atoms with Crippen LogP contribution >= 0.6 is 11.3 Å². The Morgan fingerprint density at radius 3 is 2.87 bits per heavy atom. The molecular weight excluding hydrogens is 212 g/mol. The number of aliphatic carboxylic acids is 1. The summed E-state index contributed by atoms with van der Waals surface area (Å²) in [5.74, 6) is -0.343. The molecule has 1 N–H and O–H groups in total. The number of ether oxygens (including phenoxy) is 1. The molecule has 0 aliphatic carbocycles. The predicted molar refractivity (Wildman–Crippen MR) is 58.2 cm³/mol. The normalized spacial score (nSPS) is 20.6. The van der Waals surface area contributed by atoms with Gasteiger partial charge < -0.3 is 9.84 Å². The lowest BCUT2D eigenvalue weighted by molar-refractivity contribution is -0.145. The SMILES string of the molecule is CC(CC1COC1)(C(=O)O)c1cccs1. The predicted octanol–water partition coefficient (Wildman–Crippen LogP) is 2.13. The van der Waals surface area contributed by atoms with E-state index in [0.29, 0.717) is 25.6 Å². The van der Waals surface area contributed by atoms with Gasteiger partial charge in [-0.15, -0.1) is 11.3 Å². The standard InChI is InChI=1S/C11H14O3S/c1-11(10(12)13,5-8-6-14-7-8)9-3-2-4-15-9/h2-4,8H,5-7H2,1H3,(H,12,13). The topological polar surface area (TPSA) is 46.5 Å². The summed E-state index contributed by atoms with van der Waals surface area (Å²) in [4.78, 5) is 12.3. The highest BCUT2D eigenvalue weighted by Crippen LogP contribution is 2.36. The van der Waals surface area contributed by atoms with Gasteiger partial charge >= 0.3 is 5.97 Å². The molecule has 0 aromatic carbocycles. The van der Waals surface area contributed by atoms with Crippen LogP contribution in [0.25, 0.3) is 0 Å². The molecule has 0 spiro atoms. The van der Waals surface area contributed by atoms with Crippen molar-refractivity contribution in [2.45, 2.75) is 18.8 Å². The summed E-state index contributed by atoms with van der Waals surface area (Å²) in [6.07, 6.45) is 0.669. The monoisotopic (exact) mass is 226 g/mol. The molecule has 82 valence electrons. The van der Waals surface area contributed by atoms with Crippen LogP contribution in [0.2, 0.25) is 0 Å². The van der Waals surface area contributed by atoms with Crippen LogP contribution < -0.4 is 0 Å². The van der Waals surface area contributed by atoms with Crippen molar-refractivity contribution in [3.8, 4) is 0 Å². The van der Waals surface area contributed by atoms with E-state index in [1.807, 2.05) is 17.5 Å². The van der Waals surface area contributed by atoms with Crippen molar-refractivity contribution < 1.29 is 14.6 Å². The quantitative estimate of drug-likeness (QED) is 0.855. The van der Waals surface area contributed by atoms with Gasteiger partial charge in [0.2, 0.25) is 0 Å². The number of hydrogen-bond donors (Lipinski definition) is 1. The minimum Gasteiger partial charge on any atom is -0.481 e.